The molecule has 1 aromatic heterocycles. The van der Waals surface area contributed by atoms with Gasteiger partial charge in [0.25, 0.3) is 5.91 Å². The lowest BCUT2D eigenvalue weighted by Crippen LogP contribution is -2.42. The zero-order valence-corrected chi connectivity index (χ0v) is 19.0. The van der Waals surface area contributed by atoms with Crippen LogP contribution in [0.1, 0.15) is 23.3 Å². The van der Waals surface area contributed by atoms with E-state index in [0.717, 1.165) is 16.8 Å². The number of benzene rings is 2. The fourth-order valence-electron chi connectivity index (χ4n) is 3.64. The van der Waals surface area contributed by atoms with Crippen molar-refractivity contribution in [3.8, 4) is 0 Å². The van der Waals surface area contributed by atoms with Gasteiger partial charge in [-0.05, 0) is 35.9 Å². The van der Waals surface area contributed by atoms with Crippen molar-refractivity contribution in [1.29, 1.82) is 0 Å². The third-order valence-electron chi connectivity index (χ3n) is 5.28. The van der Waals surface area contributed by atoms with E-state index in [9.17, 15) is 9.59 Å². The number of rotatable bonds is 6. The topological polar surface area (TPSA) is 87.3 Å². The molecule has 0 fully saturated rings. The molecule has 3 aromatic rings. The molecule has 0 radical (unpaired) electrons. The van der Waals surface area contributed by atoms with E-state index in [0.29, 0.717) is 27.5 Å². The molecule has 0 saturated carbocycles. The van der Waals surface area contributed by atoms with E-state index in [1.54, 1.807) is 18.4 Å². The van der Waals surface area contributed by atoms with Gasteiger partial charge in [-0.15, -0.1) is 0 Å². The average molecular weight is 479 g/mol. The summed E-state index contributed by atoms with van der Waals surface area (Å²) in [6.07, 6.45) is 1.49. The molecular weight excluding hydrogens is 460 g/mol. The predicted octanol–water partition coefficient (Wildman–Crippen LogP) is 4.53. The number of amidine groups is 2. The number of furan rings is 1. The van der Waals surface area contributed by atoms with E-state index in [4.69, 9.17) is 21.0 Å². The van der Waals surface area contributed by atoms with Gasteiger partial charge < -0.3 is 9.73 Å². The number of para-hydroxylation sites is 1. The molecular formula is C24H19ClN4O3S. The number of halogens is 1. The Bertz CT molecular complexity index is 1270. The molecule has 2 amide bonds. The molecule has 0 saturated heterocycles. The summed E-state index contributed by atoms with van der Waals surface area (Å²) >= 11 is 7.72. The molecule has 0 unspecified atom stereocenters. The highest BCUT2D eigenvalue weighted by Crippen LogP contribution is 2.35. The quantitative estimate of drug-likeness (QED) is 0.563. The van der Waals surface area contributed by atoms with Crippen molar-refractivity contribution >= 4 is 51.9 Å². The van der Waals surface area contributed by atoms with Gasteiger partial charge >= 0.3 is 0 Å². The molecule has 2 aliphatic heterocycles. The first-order valence-electron chi connectivity index (χ1n) is 10.4. The average Bonchev–Trinajstić information content (AvgIpc) is 3.46. The van der Waals surface area contributed by atoms with Crippen molar-refractivity contribution in [1.82, 2.24) is 10.2 Å². The van der Waals surface area contributed by atoms with E-state index >= 15 is 0 Å². The molecule has 9 heteroatoms. The van der Waals surface area contributed by atoms with Crippen LogP contribution >= 0.6 is 23.4 Å². The van der Waals surface area contributed by atoms with Gasteiger partial charge in [-0.2, -0.15) is 0 Å². The van der Waals surface area contributed by atoms with Crippen molar-refractivity contribution in [3.05, 3.63) is 88.8 Å². The number of carbonyl (C=O) groups excluding carboxylic acids is 2. The zero-order chi connectivity index (χ0) is 22.8. The first kappa shape index (κ1) is 21.5. The van der Waals surface area contributed by atoms with Gasteiger partial charge in [-0.3, -0.25) is 14.6 Å². The minimum atomic E-state index is -0.811. The van der Waals surface area contributed by atoms with Crippen LogP contribution in [0.25, 0.3) is 0 Å². The molecule has 0 bridgehead atoms. The number of nitrogens with zero attached hydrogens (tertiary/aromatic N) is 3. The minimum Gasteiger partial charge on any atom is -0.467 e. The van der Waals surface area contributed by atoms with Gasteiger partial charge in [0.05, 0.1) is 24.9 Å². The summed E-state index contributed by atoms with van der Waals surface area (Å²) < 4.78 is 5.23. The van der Waals surface area contributed by atoms with Crippen LogP contribution in [-0.4, -0.2) is 33.8 Å². The first-order valence-corrected chi connectivity index (χ1v) is 11.7. The molecule has 2 aliphatic rings. The second-order valence-corrected chi connectivity index (χ2v) is 8.84. The number of amides is 2. The summed E-state index contributed by atoms with van der Waals surface area (Å²) in [7, 11) is 0. The Hall–Kier alpha value is -3.36. The Labute approximate surface area is 199 Å². The third-order valence-corrected chi connectivity index (χ3v) is 6.64. The lowest BCUT2D eigenvalue weighted by molar-refractivity contribution is -0.128. The minimum absolute atomic E-state index is 0.0514. The van der Waals surface area contributed by atoms with Crippen molar-refractivity contribution < 1.29 is 14.0 Å². The Morgan fingerprint density at radius 1 is 1.12 bits per heavy atom. The molecule has 33 heavy (non-hydrogen) atoms. The largest absolute Gasteiger partial charge is 0.467 e. The van der Waals surface area contributed by atoms with Crippen LogP contribution in [0.4, 0.5) is 5.69 Å². The normalized spacial score (nSPS) is 16.7. The van der Waals surface area contributed by atoms with Crippen molar-refractivity contribution in [2.75, 3.05) is 0 Å². The summed E-state index contributed by atoms with van der Waals surface area (Å²) in [6.45, 7) is 0.260. The fraction of sp³-hybridized carbons (Fsp3) is 0.167. The molecule has 7 nitrogen and oxygen atoms in total. The lowest BCUT2D eigenvalue weighted by atomic mass is 10.1. The van der Waals surface area contributed by atoms with E-state index in [1.165, 1.54) is 16.7 Å². The highest BCUT2D eigenvalue weighted by molar-refractivity contribution is 8.13. The molecule has 0 aliphatic carbocycles. The maximum absolute atomic E-state index is 13.3. The van der Waals surface area contributed by atoms with Crippen LogP contribution in [0.2, 0.25) is 5.02 Å². The summed E-state index contributed by atoms with van der Waals surface area (Å²) in [5, 5.41) is 3.96. The van der Waals surface area contributed by atoms with Gasteiger partial charge in [0.2, 0.25) is 5.91 Å². The number of fused-ring (bicyclic) bond motifs is 3. The molecule has 0 spiro atoms. The molecule has 166 valence electrons. The summed E-state index contributed by atoms with van der Waals surface area (Å²) in [6, 6.07) is 17.8. The number of nitrogens with one attached hydrogen (secondary N) is 1. The molecule has 3 heterocycles. The van der Waals surface area contributed by atoms with Crippen LogP contribution in [0, 0.1) is 0 Å². The third kappa shape index (κ3) is 4.44. The number of hydrogen-bond acceptors (Lipinski definition) is 6. The Morgan fingerprint density at radius 3 is 2.76 bits per heavy atom. The standard InChI is InChI=1S/C24H19ClN4O3S/c25-18-9-3-1-6-15(18)14-33-24-28-19-10-4-2-8-17(19)22-27-20(23(31)29(22)24)12-21(30)26-13-16-7-5-11-32-16/h1-11,20H,12-14H2,(H,26,30)/t20-/m0/s1. The van der Waals surface area contributed by atoms with Crippen molar-refractivity contribution in [3.63, 3.8) is 0 Å². The molecule has 5 rings (SSSR count). The van der Waals surface area contributed by atoms with Gasteiger partial charge in [0, 0.05) is 16.3 Å². The molecule has 1 atom stereocenters. The highest BCUT2D eigenvalue weighted by Gasteiger charge is 2.42. The van der Waals surface area contributed by atoms with E-state index in [2.05, 4.69) is 10.3 Å². The maximum atomic E-state index is 13.3. The SMILES string of the molecule is O=C(C[C@@H]1N=C2c3ccccc3N=C(SCc3ccccc3Cl)N2C1=O)NCc1ccco1. The van der Waals surface area contributed by atoms with E-state index in [1.807, 2.05) is 48.5 Å². The maximum Gasteiger partial charge on any atom is 0.259 e. The van der Waals surface area contributed by atoms with Crippen LogP contribution < -0.4 is 5.32 Å². The second kappa shape index (κ2) is 9.25. The van der Waals surface area contributed by atoms with Gasteiger partial charge in [-0.25, -0.2) is 9.89 Å². The zero-order valence-electron chi connectivity index (χ0n) is 17.4. The van der Waals surface area contributed by atoms with Crippen LogP contribution in [0.5, 0.6) is 0 Å². The molecule has 1 N–H and O–H groups in total. The van der Waals surface area contributed by atoms with Crippen LogP contribution in [0.15, 0.2) is 81.3 Å². The first-order chi connectivity index (χ1) is 16.1. The second-order valence-electron chi connectivity index (χ2n) is 7.49. The number of thioether (sulfide) groups is 1. The Kier molecular flexibility index (Phi) is 6.02. The number of carbonyl (C=O) groups is 2. The summed E-state index contributed by atoms with van der Waals surface area (Å²) in [4.78, 5) is 36.6. The van der Waals surface area contributed by atoms with Gasteiger partial charge in [0.15, 0.2) is 5.17 Å². The van der Waals surface area contributed by atoms with E-state index < -0.39 is 6.04 Å². The number of hydrogen-bond donors (Lipinski definition) is 1. The summed E-state index contributed by atoms with van der Waals surface area (Å²) in [5.74, 6) is 1.18. The molecule has 2 aromatic carbocycles. The van der Waals surface area contributed by atoms with E-state index in [-0.39, 0.29) is 24.8 Å². The Morgan fingerprint density at radius 2 is 1.94 bits per heavy atom. The predicted molar refractivity (Wildman–Crippen MR) is 129 cm³/mol. The monoisotopic (exact) mass is 478 g/mol. The fourth-order valence-corrected chi connectivity index (χ4v) is 4.92. The van der Waals surface area contributed by atoms with Gasteiger partial charge in [0.1, 0.15) is 17.6 Å². The lowest BCUT2D eigenvalue weighted by Gasteiger charge is -2.25. The van der Waals surface area contributed by atoms with Crippen LogP contribution in [-0.2, 0) is 21.9 Å². The van der Waals surface area contributed by atoms with Gasteiger partial charge in [-0.1, -0.05) is 53.7 Å². The highest BCUT2D eigenvalue weighted by atomic mass is 35.5. The smallest absolute Gasteiger partial charge is 0.259 e. The van der Waals surface area contributed by atoms with Crippen LogP contribution in [0.3, 0.4) is 0 Å². The Balaban J connectivity index is 1.36. The van der Waals surface area contributed by atoms with Crippen molar-refractivity contribution in [2.24, 2.45) is 9.98 Å². The summed E-state index contributed by atoms with van der Waals surface area (Å²) in [5.41, 5.74) is 2.46. The number of aliphatic imine (C=N–C) groups is 2. The van der Waals surface area contributed by atoms with Crippen molar-refractivity contribution in [2.45, 2.75) is 24.8 Å².